The Balaban J connectivity index is 2.53. The van der Waals surface area contributed by atoms with Gasteiger partial charge in [-0.25, -0.2) is 0 Å². The number of nitrogens with zero attached hydrogens (tertiary/aromatic N) is 1. The minimum atomic E-state index is 1.19. The predicted octanol–water partition coefficient (Wildman–Crippen LogP) is 22.3. The highest BCUT2D eigenvalue weighted by Gasteiger charge is 2.26. The average Bonchev–Trinajstić information content (AvgIpc) is 3.32. The van der Waals surface area contributed by atoms with E-state index in [1.54, 1.807) is 0 Å². The molecule has 1 heteroatoms. The molecule has 0 aliphatic carbocycles. The van der Waals surface area contributed by atoms with Crippen molar-refractivity contribution < 1.29 is 4.48 Å². The molecule has 1 aromatic rings. The summed E-state index contributed by atoms with van der Waals surface area (Å²) in [5, 5.41) is 0. The van der Waals surface area contributed by atoms with E-state index in [0.29, 0.717) is 0 Å². The second-order valence-corrected chi connectivity index (χ2v) is 21.0. The molecule has 0 atom stereocenters. The van der Waals surface area contributed by atoms with Gasteiger partial charge in [0.25, 0.3) is 0 Å². The molecule has 0 aliphatic rings. The summed E-state index contributed by atoms with van der Waals surface area (Å²) in [6.07, 6.45) is 78.3. The zero-order valence-electron chi connectivity index (χ0n) is 44.9. The van der Waals surface area contributed by atoms with Gasteiger partial charge >= 0.3 is 0 Å². The second-order valence-electron chi connectivity index (χ2n) is 21.0. The maximum absolute atomic E-state index is 2.53. The van der Waals surface area contributed by atoms with Crippen molar-refractivity contribution in [3.05, 3.63) is 72.4 Å². The van der Waals surface area contributed by atoms with E-state index in [1.807, 2.05) is 0 Å². The van der Waals surface area contributed by atoms with Crippen LogP contribution in [0.25, 0.3) is 0 Å². The SMILES string of the molecule is CCCCCCCCCCCCCC/C=C/CCC[N+](CCC/C=C/CCCCCCCCCCCCCC)(CCC/C=C/CCCCCCCCCCCCCC)Cc1ccccc1. The Kier molecular flexibility index (Phi) is 48.9. The van der Waals surface area contributed by atoms with Crippen molar-refractivity contribution in [2.24, 2.45) is 0 Å². The van der Waals surface area contributed by atoms with Crippen molar-refractivity contribution in [2.45, 2.75) is 316 Å². The molecule has 378 valence electrons. The Morgan fingerprint density at radius 1 is 0.262 bits per heavy atom. The highest BCUT2D eigenvalue weighted by Crippen LogP contribution is 2.22. The largest absolute Gasteiger partial charge is 0.320 e. The monoisotopic (exact) mass is 901 g/mol. The molecule has 0 saturated heterocycles. The van der Waals surface area contributed by atoms with E-state index in [1.165, 1.54) is 325 Å². The lowest BCUT2D eigenvalue weighted by molar-refractivity contribution is -0.941. The number of rotatable bonds is 53. The van der Waals surface area contributed by atoms with Gasteiger partial charge in [-0.2, -0.15) is 0 Å². The van der Waals surface area contributed by atoms with E-state index < -0.39 is 0 Å². The third-order valence-corrected chi connectivity index (χ3v) is 14.5. The molecule has 0 fully saturated rings. The van der Waals surface area contributed by atoms with E-state index in [0.717, 1.165) is 0 Å². The van der Waals surface area contributed by atoms with Crippen LogP contribution in [0, 0.1) is 0 Å². The molecular weight excluding hydrogens is 783 g/mol. The molecule has 0 heterocycles. The summed E-state index contributed by atoms with van der Waals surface area (Å²) in [6.45, 7) is 12.1. The molecule has 0 N–H and O–H groups in total. The number of unbranched alkanes of at least 4 members (excludes halogenated alkanes) is 39. The number of hydrogen-bond donors (Lipinski definition) is 0. The Labute approximate surface area is 410 Å². The van der Waals surface area contributed by atoms with Crippen molar-refractivity contribution in [2.75, 3.05) is 19.6 Å². The summed E-state index contributed by atoms with van der Waals surface area (Å²) >= 11 is 0. The molecule has 65 heavy (non-hydrogen) atoms. The van der Waals surface area contributed by atoms with E-state index in [4.69, 9.17) is 0 Å². The van der Waals surface area contributed by atoms with Crippen LogP contribution in [0.5, 0.6) is 0 Å². The molecule has 0 bridgehead atoms. The van der Waals surface area contributed by atoms with Gasteiger partial charge < -0.3 is 4.48 Å². The molecule has 0 saturated carbocycles. The van der Waals surface area contributed by atoms with Crippen molar-refractivity contribution in [3.8, 4) is 0 Å². The molecule has 0 unspecified atom stereocenters. The molecule has 0 aliphatic heterocycles. The first-order chi connectivity index (χ1) is 32.3. The maximum Gasteiger partial charge on any atom is 0.104 e. The fraction of sp³-hybridized carbons (Fsp3) is 0.812. The van der Waals surface area contributed by atoms with Gasteiger partial charge in [0.1, 0.15) is 6.54 Å². The number of allylic oxidation sites excluding steroid dienone is 6. The molecule has 0 radical (unpaired) electrons. The van der Waals surface area contributed by atoms with Gasteiger partial charge in [0, 0.05) is 24.8 Å². The zero-order valence-corrected chi connectivity index (χ0v) is 44.9. The summed E-state index contributed by atoms with van der Waals surface area (Å²) in [7, 11) is 0. The first kappa shape index (κ1) is 61.4. The van der Waals surface area contributed by atoms with E-state index in [2.05, 4.69) is 87.6 Å². The smallest absolute Gasteiger partial charge is 0.104 e. The highest BCUT2D eigenvalue weighted by molar-refractivity contribution is 5.13. The highest BCUT2D eigenvalue weighted by atomic mass is 15.3. The van der Waals surface area contributed by atoms with Gasteiger partial charge in [0.15, 0.2) is 0 Å². The van der Waals surface area contributed by atoms with Crippen LogP contribution in [0.3, 0.4) is 0 Å². The standard InChI is InChI=1S/C64H118N/c1-4-7-10-13-16-19-22-25-28-31-34-37-40-43-46-49-55-60-65(63-64-58-53-52-54-59-64,61-56-50-47-44-41-38-35-32-29-26-23-20-17-14-11-8-5-2)62-57-51-48-45-42-39-36-33-30-27-24-21-18-15-12-9-6-3/h43-48,52-54,58-59H,4-42,49-51,55-57,60-63H2,1-3H3/q+1/b46-43+,47-44+,48-45+. The number of quaternary nitrogens is 1. The van der Waals surface area contributed by atoms with Crippen LogP contribution in [0.2, 0.25) is 0 Å². The van der Waals surface area contributed by atoms with Gasteiger partial charge in [-0.15, -0.1) is 0 Å². The summed E-state index contributed by atoms with van der Waals surface area (Å²) in [4.78, 5) is 0. The quantitative estimate of drug-likeness (QED) is 0.0347. The lowest BCUT2D eigenvalue weighted by atomic mass is 10.0. The van der Waals surface area contributed by atoms with Crippen LogP contribution >= 0.6 is 0 Å². The van der Waals surface area contributed by atoms with Gasteiger partial charge in [0.2, 0.25) is 0 Å². The van der Waals surface area contributed by atoms with Crippen LogP contribution in [0.1, 0.15) is 315 Å². The Morgan fingerprint density at radius 2 is 0.477 bits per heavy atom. The number of hydrogen-bond acceptors (Lipinski definition) is 0. The molecule has 0 aromatic heterocycles. The summed E-state index contributed by atoms with van der Waals surface area (Å²) in [5.41, 5.74) is 1.53. The fourth-order valence-corrected chi connectivity index (χ4v) is 10.2. The van der Waals surface area contributed by atoms with Crippen molar-refractivity contribution in [1.82, 2.24) is 0 Å². The van der Waals surface area contributed by atoms with Crippen LogP contribution in [-0.4, -0.2) is 24.1 Å². The fourth-order valence-electron chi connectivity index (χ4n) is 10.2. The van der Waals surface area contributed by atoms with E-state index in [-0.39, 0.29) is 0 Å². The summed E-state index contributed by atoms with van der Waals surface area (Å²) < 4.78 is 1.26. The molecular formula is C64H118N+. The first-order valence-electron chi connectivity index (χ1n) is 30.1. The molecule has 1 nitrogen and oxygen atoms in total. The Hall–Kier alpha value is -1.60. The molecule has 0 spiro atoms. The first-order valence-corrected chi connectivity index (χ1v) is 30.1. The molecule has 1 aromatic carbocycles. The molecule has 0 amide bonds. The Bertz CT molecular complexity index is 1010. The lowest BCUT2D eigenvalue weighted by Crippen LogP contribution is -2.49. The van der Waals surface area contributed by atoms with Crippen LogP contribution in [-0.2, 0) is 6.54 Å². The van der Waals surface area contributed by atoms with Crippen molar-refractivity contribution >= 4 is 0 Å². The van der Waals surface area contributed by atoms with Crippen LogP contribution in [0.15, 0.2) is 66.8 Å². The third-order valence-electron chi connectivity index (χ3n) is 14.5. The minimum Gasteiger partial charge on any atom is -0.320 e. The summed E-state index contributed by atoms with van der Waals surface area (Å²) in [5.74, 6) is 0. The van der Waals surface area contributed by atoms with Gasteiger partial charge in [-0.3, -0.25) is 0 Å². The Morgan fingerprint density at radius 3 is 0.723 bits per heavy atom. The lowest BCUT2D eigenvalue weighted by Gasteiger charge is -2.39. The van der Waals surface area contributed by atoms with Crippen LogP contribution < -0.4 is 0 Å². The topological polar surface area (TPSA) is 0 Å². The maximum atomic E-state index is 2.53. The minimum absolute atomic E-state index is 1.19. The van der Waals surface area contributed by atoms with Gasteiger partial charge in [-0.1, -0.05) is 299 Å². The predicted molar refractivity (Wildman–Crippen MR) is 297 cm³/mol. The number of benzene rings is 1. The van der Waals surface area contributed by atoms with E-state index in [9.17, 15) is 0 Å². The average molecular weight is 902 g/mol. The molecule has 1 rings (SSSR count). The zero-order chi connectivity index (χ0) is 46.5. The normalized spacial score (nSPS) is 12.3. The van der Waals surface area contributed by atoms with Gasteiger partial charge in [-0.05, 0) is 57.8 Å². The van der Waals surface area contributed by atoms with E-state index >= 15 is 0 Å². The van der Waals surface area contributed by atoms with Crippen molar-refractivity contribution in [1.29, 1.82) is 0 Å². The van der Waals surface area contributed by atoms with Crippen molar-refractivity contribution in [3.63, 3.8) is 0 Å². The third kappa shape index (κ3) is 44.7. The summed E-state index contributed by atoms with van der Waals surface area (Å²) in [6, 6.07) is 11.5. The second kappa shape index (κ2) is 51.8. The van der Waals surface area contributed by atoms with Gasteiger partial charge in [0.05, 0.1) is 19.6 Å². The van der Waals surface area contributed by atoms with Crippen LogP contribution in [0.4, 0.5) is 0 Å².